The highest BCUT2D eigenvalue weighted by Gasteiger charge is 2.21. The summed E-state index contributed by atoms with van der Waals surface area (Å²) in [5, 5.41) is 0. The largest absolute Gasteiger partial charge is 0.495 e. The van der Waals surface area contributed by atoms with Crippen molar-refractivity contribution in [3.05, 3.63) is 53.9 Å². The summed E-state index contributed by atoms with van der Waals surface area (Å²) in [6.45, 7) is 0.747. The summed E-state index contributed by atoms with van der Waals surface area (Å²) in [6.07, 6.45) is 3.74. The van der Waals surface area contributed by atoms with Gasteiger partial charge in [-0.05, 0) is 36.6 Å². The smallest absolute Gasteiger partial charge is 0.140 e. The minimum Gasteiger partial charge on any atom is -0.495 e. The minimum atomic E-state index is 0.457. The van der Waals surface area contributed by atoms with E-state index >= 15 is 0 Å². The van der Waals surface area contributed by atoms with Gasteiger partial charge in [0.2, 0.25) is 0 Å². The third-order valence-electron chi connectivity index (χ3n) is 3.51. The monoisotopic (exact) mass is 255 g/mol. The van der Waals surface area contributed by atoms with Crippen LogP contribution < -0.4 is 9.47 Å². The summed E-state index contributed by atoms with van der Waals surface area (Å²) in [6, 6.07) is 12.1. The Morgan fingerprint density at radius 2 is 2.16 bits per heavy atom. The van der Waals surface area contributed by atoms with Crippen molar-refractivity contribution in [3.63, 3.8) is 0 Å². The van der Waals surface area contributed by atoms with E-state index in [9.17, 15) is 0 Å². The number of ether oxygens (including phenoxy) is 2. The van der Waals surface area contributed by atoms with Gasteiger partial charge in [-0.2, -0.15) is 0 Å². The lowest BCUT2D eigenvalue weighted by atomic mass is 9.92. The first-order chi connectivity index (χ1) is 9.36. The first-order valence-corrected chi connectivity index (χ1v) is 6.55. The zero-order valence-corrected chi connectivity index (χ0v) is 11.0. The number of para-hydroxylation sites is 1. The molecule has 0 amide bonds. The summed E-state index contributed by atoms with van der Waals surface area (Å²) in [7, 11) is 1.69. The van der Waals surface area contributed by atoms with Gasteiger partial charge in [-0.15, -0.1) is 0 Å². The molecule has 19 heavy (non-hydrogen) atoms. The molecule has 0 saturated carbocycles. The average Bonchev–Trinajstić information content (AvgIpc) is 2.48. The summed E-state index contributed by atoms with van der Waals surface area (Å²) in [5.41, 5.74) is 2.30. The van der Waals surface area contributed by atoms with E-state index in [0.717, 1.165) is 36.6 Å². The molecule has 2 heterocycles. The molecule has 3 rings (SSSR count). The van der Waals surface area contributed by atoms with Gasteiger partial charge in [-0.1, -0.05) is 18.2 Å². The predicted octanol–water partition coefficient (Wildman–Crippen LogP) is 2.88. The van der Waals surface area contributed by atoms with E-state index in [1.54, 1.807) is 7.11 Å². The van der Waals surface area contributed by atoms with Crippen LogP contribution in [-0.2, 0) is 12.8 Å². The van der Waals surface area contributed by atoms with Crippen LogP contribution in [0.25, 0.3) is 0 Å². The molecule has 0 N–H and O–H groups in total. The van der Waals surface area contributed by atoms with Crippen molar-refractivity contribution in [3.8, 4) is 11.5 Å². The van der Waals surface area contributed by atoms with Gasteiger partial charge in [-0.25, -0.2) is 0 Å². The van der Waals surface area contributed by atoms with E-state index in [1.165, 1.54) is 5.56 Å². The van der Waals surface area contributed by atoms with Crippen LogP contribution in [0.1, 0.15) is 11.3 Å². The number of aromatic nitrogens is 1. The third-order valence-corrected chi connectivity index (χ3v) is 3.51. The highest BCUT2D eigenvalue weighted by Crippen LogP contribution is 2.29. The van der Waals surface area contributed by atoms with Crippen molar-refractivity contribution < 1.29 is 9.47 Å². The van der Waals surface area contributed by atoms with E-state index in [2.05, 4.69) is 17.1 Å². The normalized spacial score (nSPS) is 17.4. The second kappa shape index (κ2) is 5.31. The Kier molecular flexibility index (Phi) is 3.36. The number of benzene rings is 1. The van der Waals surface area contributed by atoms with Crippen LogP contribution in [0, 0.1) is 5.92 Å². The van der Waals surface area contributed by atoms with E-state index in [-0.39, 0.29) is 0 Å². The summed E-state index contributed by atoms with van der Waals surface area (Å²) in [5.74, 6) is 2.34. The van der Waals surface area contributed by atoms with Crippen LogP contribution in [0.3, 0.4) is 0 Å². The molecule has 0 saturated heterocycles. The first kappa shape index (κ1) is 12.0. The highest BCUT2D eigenvalue weighted by molar-refractivity contribution is 5.35. The zero-order chi connectivity index (χ0) is 13.1. The van der Waals surface area contributed by atoms with Crippen LogP contribution >= 0.6 is 0 Å². The van der Waals surface area contributed by atoms with E-state index < -0.39 is 0 Å². The maximum Gasteiger partial charge on any atom is 0.140 e. The number of rotatable bonds is 3. The summed E-state index contributed by atoms with van der Waals surface area (Å²) < 4.78 is 11.2. The lowest BCUT2D eigenvalue weighted by Crippen LogP contribution is -2.23. The molecule has 0 aliphatic carbocycles. The lowest BCUT2D eigenvalue weighted by molar-refractivity contribution is 0.219. The molecular formula is C16H17NO2. The Labute approximate surface area is 113 Å². The van der Waals surface area contributed by atoms with E-state index in [0.29, 0.717) is 5.92 Å². The summed E-state index contributed by atoms with van der Waals surface area (Å²) in [4.78, 5) is 4.42. The van der Waals surface area contributed by atoms with Gasteiger partial charge < -0.3 is 9.47 Å². The number of nitrogens with zero attached hydrogens (tertiary/aromatic N) is 1. The second-order valence-electron chi connectivity index (χ2n) is 4.85. The third kappa shape index (κ3) is 2.55. The van der Waals surface area contributed by atoms with Gasteiger partial charge in [0.1, 0.15) is 11.5 Å². The Balaban J connectivity index is 1.75. The van der Waals surface area contributed by atoms with Gasteiger partial charge in [-0.3, -0.25) is 4.98 Å². The molecular weight excluding hydrogens is 238 g/mol. The van der Waals surface area contributed by atoms with Gasteiger partial charge >= 0.3 is 0 Å². The van der Waals surface area contributed by atoms with Gasteiger partial charge in [0.05, 0.1) is 19.4 Å². The molecule has 1 aliphatic rings. The Bertz CT molecular complexity index is 568. The number of hydrogen-bond donors (Lipinski definition) is 0. The molecule has 0 radical (unpaired) electrons. The number of methoxy groups -OCH3 is 1. The molecule has 2 aromatic rings. The molecule has 0 bridgehead atoms. The average molecular weight is 255 g/mol. The van der Waals surface area contributed by atoms with Gasteiger partial charge in [0.25, 0.3) is 0 Å². The summed E-state index contributed by atoms with van der Waals surface area (Å²) >= 11 is 0. The lowest BCUT2D eigenvalue weighted by Gasteiger charge is -2.25. The molecule has 1 aromatic heterocycles. The Hall–Kier alpha value is -2.03. The fourth-order valence-corrected chi connectivity index (χ4v) is 2.56. The van der Waals surface area contributed by atoms with Crippen molar-refractivity contribution in [2.24, 2.45) is 5.92 Å². The number of pyridine rings is 1. The fraction of sp³-hybridized carbons (Fsp3) is 0.312. The number of hydrogen-bond acceptors (Lipinski definition) is 3. The predicted molar refractivity (Wildman–Crippen MR) is 73.6 cm³/mol. The highest BCUT2D eigenvalue weighted by atomic mass is 16.5. The van der Waals surface area contributed by atoms with Gasteiger partial charge in [0.15, 0.2) is 0 Å². The first-order valence-electron chi connectivity index (χ1n) is 6.55. The molecule has 1 aromatic carbocycles. The van der Waals surface area contributed by atoms with Crippen molar-refractivity contribution in [1.82, 2.24) is 4.98 Å². The van der Waals surface area contributed by atoms with Crippen LogP contribution in [-0.4, -0.2) is 18.7 Å². The van der Waals surface area contributed by atoms with Crippen LogP contribution in [0.5, 0.6) is 11.5 Å². The standard InChI is InChI=1S/C16H17NO2/c1-18-16-7-4-8-17-14(16)10-12-9-13-5-2-3-6-15(13)19-11-12/h2-8,12H,9-11H2,1H3/t12-/m1/s1. The minimum absolute atomic E-state index is 0.457. The van der Waals surface area contributed by atoms with Crippen molar-refractivity contribution >= 4 is 0 Å². The Morgan fingerprint density at radius 3 is 3.05 bits per heavy atom. The molecule has 3 heteroatoms. The zero-order valence-electron chi connectivity index (χ0n) is 11.0. The topological polar surface area (TPSA) is 31.4 Å². The SMILES string of the molecule is COc1cccnc1C[C@@H]1COc2ccccc2C1. The Morgan fingerprint density at radius 1 is 1.26 bits per heavy atom. The maximum absolute atomic E-state index is 5.81. The maximum atomic E-state index is 5.81. The molecule has 0 spiro atoms. The quantitative estimate of drug-likeness (QED) is 0.845. The molecule has 1 aliphatic heterocycles. The van der Waals surface area contributed by atoms with Crippen molar-refractivity contribution in [1.29, 1.82) is 0 Å². The molecule has 1 atom stereocenters. The fourth-order valence-electron chi connectivity index (χ4n) is 2.56. The number of fused-ring (bicyclic) bond motifs is 1. The molecule has 0 unspecified atom stereocenters. The van der Waals surface area contributed by atoms with Crippen molar-refractivity contribution in [2.45, 2.75) is 12.8 Å². The van der Waals surface area contributed by atoms with E-state index in [1.807, 2.05) is 30.5 Å². The van der Waals surface area contributed by atoms with Crippen LogP contribution in [0.15, 0.2) is 42.6 Å². The van der Waals surface area contributed by atoms with Crippen LogP contribution in [0.2, 0.25) is 0 Å². The molecule has 3 nitrogen and oxygen atoms in total. The second-order valence-corrected chi connectivity index (χ2v) is 4.85. The van der Waals surface area contributed by atoms with Crippen molar-refractivity contribution in [2.75, 3.05) is 13.7 Å². The van der Waals surface area contributed by atoms with Gasteiger partial charge in [0, 0.05) is 12.1 Å². The molecule has 0 fully saturated rings. The van der Waals surface area contributed by atoms with Crippen LogP contribution in [0.4, 0.5) is 0 Å². The van der Waals surface area contributed by atoms with E-state index in [4.69, 9.17) is 9.47 Å². The molecule has 98 valence electrons.